The third kappa shape index (κ3) is 4.96. The number of hydrogen-bond acceptors (Lipinski definition) is 3. The molecule has 1 aromatic rings. The van der Waals surface area contributed by atoms with Crippen molar-refractivity contribution in [2.24, 2.45) is 0 Å². The van der Waals surface area contributed by atoms with E-state index in [9.17, 15) is 14.3 Å². The summed E-state index contributed by atoms with van der Waals surface area (Å²) in [5, 5.41) is 12.6. The second-order valence-electron chi connectivity index (χ2n) is 5.40. The molecule has 1 rings (SSSR count). The fourth-order valence-corrected chi connectivity index (χ4v) is 1.92. The number of nitrogens with zero attached hydrogens (tertiary/aromatic N) is 1. The minimum absolute atomic E-state index is 0.000605. The van der Waals surface area contributed by atoms with E-state index in [-0.39, 0.29) is 12.1 Å². The SMILES string of the molecule is Cc1ccc(F)c(C(=O)NCC(C)(O)CN(C)C)c1. The van der Waals surface area contributed by atoms with Gasteiger partial charge in [-0.05, 0) is 40.1 Å². The molecule has 1 unspecified atom stereocenters. The number of likely N-dealkylation sites (N-methyl/N-ethyl adjacent to an activating group) is 1. The van der Waals surface area contributed by atoms with Crippen LogP contribution in [-0.2, 0) is 0 Å². The van der Waals surface area contributed by atoms with E-state index in [4.69, 9.17) is 0 Å². The molecule has 2 N–H and O–H groups in total. The highest BCUT2D eigenvalue weighted by Gasteiger charge is 2.23. The van der Waals surface area contributed by atoms with Gasteiger partial charge in [0.05, 0.1) is 11.2 Å². The number of benzene rings is 1. The smallest absolute Gasteiger partial charge is 0.254 e. The van der Waals surface area contributed by atoms with Crippen LogP contribution in [0.25, 0.3) is 0 Å². The second-order valence-corrected chi connectivity index (χ2v) is 5.40. The van der Waals surface area contributed by atoms with Gasteiger partial charge in [-0.25, -0.2) is 4.39 Å². The molecule has 0 bridgehead atoms. The van der Waals surface area contributed by atoms with Gasteiger partial charge in [0.2, 0.25) is 0 Å². The molecule has 0 fully saturated rings. The number of amides is 1. The summed E-state index contributed by atoms with van der Waals surface area (Å²) >= 11 is 0. The van der Waals surface area contributed by atoms with Gasteiger partial charge in [0.25, 0.3) is 5.91 Å². The topological polar surface area (TPSA) is 52.6 Å². The summed E-state index contributed by atoms with van der Waals surface area (Å²) in [7, 11) is 3.66. The van der Waals surface area contributed by atoms with Crippen molar-refractivity contribution >= 4 is 5.91 Å². The first-order valence-corrected chi connectivity index (χ1v) is 6.13. The van der Waals surface area contributed by atoms with Crippen molar-refractivity contribution in [1.82, 2.24) is 10.2 Å². The van der Waals surface area contributed by atoms with Crippen molar-refractivity contribution in [3.63, 3.8) is 0 Å². The first-order chi connectivity index (χ1) is 8.71. The molecule has 0 spiro atoms. The van der Waals surface area contributed by atoms with Crippen LogP contribution in [0.4, 0.5) is 4.39 Å². The summed E-state index contributed by atoms with van der Waals surface area (Å²) in [6.45, 7) is 3.89. The van der Waals surface area contributed by atoms with Crippen molar-refractivity contribution in [3.05, 3.63) is 35.1 Å². The van der Waals surface area contributed by atoms with Gasteiger partial charge >= 0.3 is 0 Å². The van der Waals surface area contributed by atoms with Gasteiger partial charge in [-0.1, -0.05) is 11.6 Å². The van der Waals surface area contributed by atoms with E-state index in [0.717, 1.165) is 5.56 Å². The van der Waals surface area contributed by atoms with Gasteiger partial charge in [0.1, 0.15) is 5.82 Å². The number of rotatable bonds is 5. The predicted octanol–water partition coefficient (Wildman–Crippen LogP) is 1.18. The second kappa shape index (κ2) is 6.12. The monoisotopic (exact) mass is 268 g/mol. The first kappa shape index (κ1) is 15.6. The van der Waals surface area contributed by atoms with Gasteiger partial charge in [-0.15, -0.1) is 0 Å². The van der Waals surface area contributed by atoms with Crippen LogP contribution in [-0.4, -0.2) is 48.7 Å². The maximum Gasteiger partial charge on any atom is 0.254 e. The zero-order chi connectivity index (χ0) is 14.6. The van der Waals surface area contributed by atoms with Gasteiger partial charge in [-0.3, -0.25) is 4.79 Å². The summed E-state index contributed by atoms with van der Waals surface area (Å²) < 4.78 is 13.5. The van der Waals surface area contributed by atoms with Crippen molar-refractivity contribution in [2.45, 2.75) is 19.4 Å². The lowest BCUT2D eigenvalue weighted by atomic mass is 10.1. The molecule has 0 heterocycles. The van der Waals surface area contributed by atoms with Gasteiger partial charge < -0.3 is 15.3 Å². The average molecular weight is 268 g/mol. The third-order valence-electron chi connectivity index (χ3n) is 2.65. The van der Waals surface area contributed by atoms with Crippen LogP contribution in [0.2, 0.25) is 0 Å². The molecule has 1 atom stereocenters. The molecule has 0 aliphatic heterocycles. The molecule has 5 heteroatoms. The van der Waals surface area contributed by atoms with E-state index in [1.807, 2.05) is 19.0 Å². The van der Waals surface area contributed by atoms with Crippen LogP contribution in [0, 0.1) is 12.7 Å². The Morgan fingerprint density at radius 3 is 2.68 bits per heavy atom. The van der Waals surface area contributed by atoms with Crippen molar-refractivity contribution in [3.8, 4) is 0 Å². The molecule has 4 nitrogen and oxygen atoms in total. The zero-order valence-corrected chi connectivity index (χ0v) is 11.8. The highest BCUT2D eigenvalue weighted by atomic mass is 19.1. The van der Waals surface area contributed by atoms with Gasteiger partial charge in [0.15, 0.2) is 0 Å². The van der Waals surface area contributed by atoms with Crippen molar-refractivity contribution in [2.75, 3.05) is 27.2 Å². The van der Waals surface area contributed by atoms with Crippen LogP contribution in [0.3, 0.4) is 0 Å². The number of hydrogen-bond donors (Lipinski definition) is 2. The van der Waals surface area contributed by atoms with E-state index in [2.05, 4.69) is 5.32 Å². The Hall–Kier alpha value is -1.46. The fraction of sp³-hybridized carbons (Fsp3) is 0.500. The maximum absolute atomic E-state index is 13.5. The van der Waals surface area contributed by atoms with Crippen LogP contribution < -0.4 is 5.32 Å². The molecule has 1 amide bonds. The Bertz CT molecular complexity index is 459. The molecule has 0 aromatic heterocycles. The molecule has 0 aliphatic carbocycles. The number of aryl methyl sites for hydroxylation is 1. The molecule has 19 heavy (non-hydrogen) atoms. The number of aliphatic hydroxyl groups is 1. The van der Waals surface area contributed by atoms with Crippen LogP contribution in [0.5, 0.6) is 0 Å². The first-order valence-electron chi connectivity index (χ1n) is 6.13. The van der Waals surface area contributed by atoms with Crippen LogP contribution in [0.1, 0.15) is 22.8 Å². The molecule has 0 saturated carbocycles. The predicted molar refractivity (Wildman–Crippen MR) is 72.6 cm³/mol. The maximum atomic E-state index is 13.5. The lowest BCUT2D eigenvalue weighted by molar-refractivity contribution is 0.0325. The standard InChI is InChI=1S/C14H21FN2O2/c1-10-5-6-12(15)11(7-10)13(18)16-8-14(2,19)9-17(3)4/h5-7,19H,8-9H2,1-4H3,(H,16,18). The Morgan fingerprint density at radius 2 is 2.11 bits per heavy atom. The Balaban J connectivity index is 2.68. The molecular formula is C14H21FN2O2. The molecule has 106 valence electrons. The van der Waals surface area contributed by atoms with Gasteiger partial charge in [-0.2, -0.15) is 0 Å². The fourth-order valence-electron chi connectivity index (χ4n) is 1.92. The van der Waals surface area contributed by atoms with E-state index >= 15 is 0 Å². The van der Waals surface area contributed by atoms with Crippen molar-refractivity contribution in [1.29, 1.82) is 0 Å². The molecule has 0 radical (unpaired) electrons. The Morgan fingerprint density at radius 1 is 1.47 bits per heavy atom. The van der Waals surface area contributed by atoms with Gasteiger partial charge in [0, 0.05) is 13.1 Å². The summed E-state index contributed by atoms with van der Waals surface area (Å²) in [5.74, 6) is -1.07. The van der Waals surface area contributed by atoms with E-state index in [1.165, 1.54) is 12.1 Å². The quantitative estimate of drug-likeness (QED) is 0.843. The normalized spacial score (nSPS) is 14.3. The minimum atomic E-state index is -1.06. The summed E-state index contributed by atoms with van der Waals surface area (Å²) in [5.41, 5.74) is -0.244. The van der Waals surface area contributed by atoms with Crippen molar-refractivity contribution < 1.29 is 14.3 Å². The molecular weight excluding hydrogens is 247 g/mol. The third-order valence-corrected chi connectivity index (χ3v) is 2.65. The highest BCUT2D eigenvalue weighted by molar-refractivity contribution is 5.94. The number of carbonyl (C=O) groups excluding carboxylic acids is 1. The largest absolute Gasteiger partial charge is 0.387 e. The Kier molecular flexibility index (Phi) is 5.03. The van der Waals surface area contributed by atoms with E-state index < -0.39 is 17.3 Å². The lowest BCUT2D eigenvalue weighted by Gasteiger charge is -2.27. The molecule has 1 aromatic carbocycles. The summed E-state index contributed by atoms with van der Waals surface area (Å²) in [6.07, 6.45) is 0. The number of halogens is 1. The van der Waals surface area contributed by atoms with E-state index in [1.54, 1.807) is 19.9 Å². The zero-order valence-electron chi connectivity index (χ0n) is 11.8. The van der Waals surface area contributed by atoms with Crippen LogP contribution in [0.15, 0.2) is 18.2 Å². The highest BCUT2D eigenvalue weighted by Crippen LogP contribution is 2.10. The lowest BCUT2D eigenvalue weighted by Crippen LogP contribution is -2.47. The minimum Gasteiger partial charge on any atom is -0.387 e. The summed E-state index contributed by atoms with van der Waals surface area (Å²) in [6, 6.07) is 4.36. The Labute approximate surface area is 113 Å². The van der Waals surface area contributed by atoms with E-state index in [0.29, 0.717) is 6.54 Å². The average Bonchev–Trinajstić information content (AvgIpc) is 2.27. The summed E-state index contributed by atoms with van der Waals surface area (Å²) in [4.78, 5) is 13.7. The number of carbonyl (C=O) groups is 1. The van der Waals surface area contributed by atoms with Crippen LogP contribution >= 0.6 is 0 Å². The number of nitrogens with one attached hydrogen (secondary N) is 1. The molecule has 0 aliphatic rings. The molecule has 0 saturated heterocycles.